The fourth-order valence-corrected chi connectivity index (χ4v) is 3.34. The number of piperazine rings is 1. The minimum Gasteiger partial charge on any atom is -0.340 e. The molecule has 130 valence electrons. The normalized spacial score (nSPS) is 20.0. The molecule has 2 fully saturated rings. The Labute approximate surface area is 151 Å². The van der Waals surface area contributed by atoms with Crippen molar-refractivity contribution in [2.24, 2.45) is 5.73 Å². The average Bonchev–Trinajstić information content (AvgIpc) is 2.48. The Morgan fingerprint density at radius 1 is 1.09 bits per heavy atom. The van der Waals surface area contributed by atoms with Gasteiger partial charge in [-0.25, -0.2) is 0 Å². The summed E-state index contributed by atoms with van der Waals surface area (Å²) >= 11 is 0. The zero-order chi connectivity index (χ0) is 14.7. The number of nitrogens with zero attached hydrogens (tertiary/aromatic N) is 2. The molecule has 1 aromatic carbocycles. The van der Waals surface area contributed by atoms with E-state index < -0.39 is 0 Å². The Morgan fingerprint density at radius 3 is 2.17 bits per heavy atom. The number of rotatable bonds is 4. The number of carbonyl (C=O) groups excluding carboxylic acids is 1. The second-order valence-electron chi connectivity index (χ2n) is 6.14. The average molecular weight is 360 g/mol. The topological polar surface area (TPSA) is 49.6 Å². The maximum Gasteiger partial charge on any atom is 0.231 e. The van der Waals surface area contributed by atoms with Gasteiger partial charge < -0.3 is 10.6 Å². The lowest BCUT2D eigenvalue weighted by atomic mass is 9.91. The summed E-state index contributed by atoms with van der Waals surface area (Å²) in [6, 6.07) is 10.7. The van der Waals surface area contributed by atoms with Gasteiger partial charge in [0.2, 0.25) is 5.91 Å². The van der Waals surface area contributed by atoms with Gasteiger partial charge in [0.25, 0.3) is 0 Å². The molecule has 3 rings (SSSR count). The van der Waals surface area contributed by atoms with E-state index in [1.54, 1.807) is 0 Å². The molecular formula is C17H27Cl2N3O. The van der Waals surface area contributed by atoms with Crippen LogP contribution in [0.5, 0.6) is 0 Å². The summed E-state index contributed by atoms with van der Waals surface area (Å²) in [7, 11) is 0. The van der Waals surface area contributed by atoms with Gasteiger partial charge in [0.15, 0.2) is 0 Å². The van der Waals surface area contributed by atoms with Crippen LogP contribution in [0.25, 0.3) is 0 Å². The predicted molar refractivity (Wildman–Crippen MR) is 98.5 cm³/mol. The number of nitrogens with two attached hydrogens (primary N) is 1. The summed E-state index contributed by atoms with van der Waals surface area (Å²) in [5, 5.41) is 0. The molecule has 2 aliphatic rings. The van der Waals surface area contributed by atoms with E-state index in [1.165, 1.54) is 19.3 Å². The number of benzene rings is 1. The molecule has 4 nitrogen and oxygen atoms in total. The molecule has 6 heteroatoms. The first-order valence-corrected chi connectivity index (χ1v) is 8.07. The smallest absolute Gasteiger partial charge is 0.231 e. The van der Waals surface area contributed by atoms with Crippen molar-refractivity contribution in [2.45, 2.75) is 31.2 Å². The van der Waals surface area contributed by atoms with E-state index in [0.717, 1.165) is 37.8 Å². The molecule has 1 aliphatic carbocycles. The molecular weight excluding hydrogens is 333 g/mol. The zero-order valence-electron chi connectivity index (χ0n) is 13.4. The molecule has 1 saturated heterocycles. The maximum atomic E-state index is 12.7. The number of carbonyl (C=O) groups is 1. The second-order valence-corrected chi connectivity index (χ2v) is 6.14. The Kier molecular flexibility index (Phi) is 8.34. The van der Waals surface area contributed by atoms with E-state index >= 15 is 0 Å². The number of halogens is 2. The van der Waals surface area contributed by atoms with Gasteiger partial charge in [0.1, 0.15) is 0 Å². The van der Waals surface area contributed by atoms with Gasteiger partial charge in [-0.05, 0) is 18.4 Å². The Balaban J connectivity index is 0.00000132. The highest BCUT2D eigenvalue weighted by Gasteiger charge is 2.31. The van der Waals surface area contributed by atoms with E-state index in [9.17, 15) is 4.79 Å². The maximum absolute atomic E-state index is 12.7. The monoisotopic (exact) mass is 359 g/mol. The standard InChI is InChI=1S/C17H25N3O.2ClH/c18-13-16(14-5-2-1-3-6-14)17(21)20-11-9-19(10-12-20)15-7-4-8-15;;/h1-3,5-6,15-16H,4,7-13,18H2;2*1H. The molecule has 0 aromatic heterocycles. The molecule has 1 atom stereocenters. The molecule has 1 heterocycles. The summed E-state index contributed by atoms with van der Waals surface area (Å²) in [4.78, 5) is 17.3. The van der Waals surface area contributed by atoms with Crippen molar-refractivity contribution in [3.8, 4) is 0 Å². The van der Waals surface area contributed by atoms with Gasteiger partial charge in [-0.2, -0.15) is 0 Å². The summed E-state index contributed by atoms with van der Waals surface area (Å²) in [5.74, 6) is -0.00147. The molecule has 1 aromatic rings. The van der Waals surface area contributed by atoms with Crippen molar-refractivity contribution in [1.82, 2.24) is 9.80 Å². The third-order valence-electron chi connectivity index (χ3n) is 4.95. The SMILES string of the molecule is Cl.Cl.NCC(C(=O)N1CCN(C2CCC2)CC1)c1ccccc1. The van der Waals surface area contributed by atoms with Crippen LogP contribution < -0.4 is 5.73 Å². The van der Waals surface area contributed by atoms with Crippen LogP contribution in [0.3, 0.4) is 0 Å². The van der Waals surface area contributed by atoms with Crippen molar-refractivity contribution < 1.29 is 4.79 Å². The molecule has 1 unspecified atom stereocenters. The molecule has 1 aliphatic heterocycles. The highest BCUT2D eigenvalue weighted by Crippen LogP contribution is 2.26. The minimum absolute atomic E-state index is 0. The van der Waals surface area contributed by atoms with Crippen LogP contribution in [0, 0.1) is 0 Å². The van der Waals surface area contributed by atoms with Gasteiger partial charge >= 0.3 is 0 Å². The van der Waals surface area contributed by atoms with E-state index in [0.29, 0.717) is 6.54 Å². The lowest BCUT2D eigenvalue weighted by Gasteiger charge is -2.43. The quantitative estimate of drug-likeness (QED) is 0.896. The summed E-state index contributed by atoms with van der Waals surface area (Å²) in [6.45, 7) is 4.11. The van der Waals surface area contributed by atoms with Crippen LogP contribution in [0.15, 0.2) is 30.3 Å². The first-order valence-electron chi connectivity index (χ1n) is 8.07. The Bertz CT molecular complexity index is 474. The first-order chi connectivity index (χ1) is 10.3. The van der Waals surface area contributed by atoms with Gasteiger partial charge in [-0.1, -0.05) is 36.8 Å². The van der Waals surface area contributed by atoms with Crippen molar-refractivity contribution >= 4 is 30.7 Å². The van der Waals surface area contributed by atoms with Crippen LogP contribution in [0.4, 0.5) is 0 Å². The van der Waals surface area contributed by atoms with Crippen LogP contribution in [-0.4, -0.2) is 54.5 Å². The molecule has 0 spiro atoms. The summed E-state index contributed by atoms with van der Waals surface area (Å²) in [5.41, 5.74) is 6.89. The van der Waals surface area contributed by atoms with Crippen LogP contribution >= 0.6 is 24.8 Å². The van der Waals surface area contributed by atoms with E-state index in [-0.39, 0.29) is 36.6 Å². The lowest BCUT2D eigenvalue weighted by Crippen LogP contribution is -2.54. The number of hydrogen-bond acceptors (Lipinski definition) is 3. The van der Waals surface area contributed by atoms with Gasteiger partial charge in [0.05, 0.1) is 5.92 Å². The molecule has 23 heavy (non-hydrogen) atoms. The third kappa shape index (κ3) is 4.60. The van der Waals surface area contributed by atoms with Gasteiger partial charge in [0, 0.05) is 38.8 Å². The molecule has 1 amide bonds. The van der Waals surface area contributed by atoms with Crippen molar-refractivity contribution in [1.29, 1.82) is 0 Å². The minimum atomic E-state index is -0.193. The summed E-state index contributed by atoms with van der Waals surface area (Å²) in [6.07, 6.45) is 4.04. The summed E-state index contributed by atoms with van der Waals surface area (Å²) < 4.78 is 0. The van der Waals surface area contributed by atoms with E-state index in [4.69, 9.17) is 5.73 Å². The zero-order valence-corrected chi connectivity index (χ0v) is 15.0. The molecule has 2 N–H and O–H groups in total. The van der Waals surface area contributed by atoms with Gasteiger partial charge in [-0.3, -0.25) is 9.69 Å². The fraction of sp³-hybridized carbons (Fsp3) is 0.588. The fourth-order valence-electron chi connectivity index (χ4n) is 3.34. The van der Waals surface area contributed by atoms with Crippen LogP contribution in [-0.2, 0) is 4.79 Å². The first kappa shape index (κ1) is 20.2. The number of amides is 1. The predicted octanol–water partition coefficient (Wildman–Crippen LogP) is 2.27. The Hall–Kier alpha value is -0.810. The van der Waals surface area contributed by atoms with Gasteiger partial charge in [-0.15, -0.1) is 24.8 Å². The van der Waals surface area contributed by atoms with Crippen molar-refractivity contribution in [3.63, 3.8) is 0 Å². The number of hydrogen-bond donors (Lipinski definition) is 1. The largest absolute Gasteiger partial charge is 0.340 e. The van der Waals surface area contributed by atoms with Crippen LogP contribution in [0.2, 0.25) is 0 Å². The third-order valence-corrected chi connectivity index (χ3v) is 4.95. The highest BCUT2D eigenvalue weighted by atomic mass is 35.5. The Morgan fingerprint density at radius 2 is 1.70 bits per heavy atom. The van der Waals surface area contributed by atoms with E-state index in [2.05, 4.69) is 4.90 Å². The van der Waals surface area contributed by atoms with Crippen LogP contribution in [0.1, 0.15) is 30.7 Å². The second kappa shape index (κ2) is 9.48. The van der Waals surface area contributed by atoms with Crippen molar-refractivity contribution in [3.05, 3.63) is 35.9 Å². The van der Waals surface area contributed by atoms with E-state index in [1.807, 2.05) is 35.2 Å². The molecule has 0 radical (unpaired) electrons. The molecule has 1 saturated carbocycles. The van der Waals surface area contributed by atoms with Crippen molar-refractivity contribution in [2.75, 3.05) is 32.7 Å². The lowest BCUT2D eigenvalue weighted by molar-refractivity contribution is -0.135. The highest BCUT2D eigenvalue weighted by molar-refractivity contribution is 5.85. The molecule has 0 bridgehead atoms.